The maximum atomic E-state index is 12.7. The number of alkyl halides is 3. The third-order valence-corrected chi connectivity index (χ3v) is 3.41. The van der Waals surface area contributed by atoms with Gasteiger partial charge in [-0.2, -0.15) is 13.2 Å². The fourth-order valence-electron chi connectivity index (χ4n) is 2.13. The minimum absolute atomic E-state index is 0.0767. The molecule has 1 fully saturated rings. The number of hydrogen-bond donors (Lipinski definition) is 3. The molecule has 0 spiro atoms. The molecule has 0 radical (unpaired) electrons. The van der Waals surface area contributed by atoms with Crippen LogP contribution in [0.4, 0.5) is 23.7 Å². The summed E-state index contributed by atoms with van der Waals surface area (Å²) in [6.07, 6.45) is -3.65. The molecule has 8 heteroatoms. The van der Waals surface area contributed by atoms with Crippen LogP contribution in [0.2, 0.25) is 0 Å². The van der Waals surface area contributed by atoms with Gasteiger partial charge in [0.05, 0.1) is 5.56 Å². The number of carbonyl (C=O) groups is 2. The van der Waals surface area contributed by atoms with Gasteiger partial charge in [0.2, 0.25) is 5.91 Å². The van der Waals surface area contributed by atoms with Crippen molar-refractivity contribution in [3.05, 3.63) is 29.3 Å². The number of aryl methyl sites for hydroxylation is 1. The van der Waals surface area contributed by atoms with Gasteiger partial charge in [-0.3, -0.25) is 4.79 Å². The van der Waals surface area contributed by atoms with Gasteiger partial charge in [-0.25, -0.2) is 4.79 Å². The molecule has 22 heavy (non-hydrogen) atoms. The first kappa shape index (κ1) is 16.1. The highest BCUT2D eigenvalue weighted by molar-refractivity contribution is 5.90. The van der Waals surface area contributed by atoms with Gasteiger partial charge in [-0.15, -0.1) is 0 Å². The Hall–Kier alpha value is -2.25. The molecule has 2 rings (SSSR count). The largest absolute Gasteiger partial charge is 0.416 e. The van der Waals surface area contributed by atoms with E-state index in [0.717, 1.165) is 12.1 Å². The molecule has 1 aliphatic heterocycles. The van der Waals surface area contributed by atoms with Crippen LogP contribution in [0.25, 0.3) is 0 Å². The van der Waals surface area contributed by atoms with Crippen molar-refractivity contribution in [3.63, 3.8) is 0 Å². The van der Waals surface area contributed by atoms with E-state index in [4.69, 9.17) is 0 Å². The molecule has 1 heterocycles. The van der Waals surface area contributed by atoms with E-state index in [1.807, 2.05) is 0 Å². The van der Waals surface area contributed by atoms with Gasteiger partial charge in [0, 0.05) is 24.7 Å². The molecule has 1 aliphatic rings. The van der Waals surface area contributed by atoms with Gasteiger partial charge < -0.3 is 16.0 Å². The second-order valence-electron chi connectivity index (χ2n) is 5.17. The molecule has 1 saturated heterocycles. The van der Waals surface area contributed by atoms with Crippen LogP contribution in [0.15, 0.2) is 18.2 Å². The fourth-order valence-corrected chi connectivity index (χ4v) is 2.13. The zero-order valence-electron chi connectivity index (χ0n) is 11.9. The van der Waals surface area contributed by atoms with Crippen molar-refractivity contribution in [2.45, 2.75) is 32.0 Å². The summed E-state index contributed by atoms with van der Waals surface area (Å²) in [5.41, 5.74) is -0.189. The molecule has 1 unspecified atom stereocenters. The van der Waals surface area contributed by atoms with Crippen LogP contribution < -0.4 is 16.0 Å². The highest BCUT2D eigenvalue weighted by Crippen LogP contribution is 2.32. The summed E-state index contributed by atoms with van der Waals surface area (Å²) in [5.74, 6) is -0.0767. The van der Waals surface area contributed by atoms with Crippen LogP contribution in [-0.4, -0.2) is 24.5 Å². The van der Waals surface area contributed by atoms with E-state index in [-0.39, 0.29) is 17.6 Å². The Bertz CT molecular complexity index is 577. The third kappa shape index (κ3) is 4.12. The normalized spacial score (nSPS) is 18.5. The molecule has 0 saturated carbocycles. The van der Waals surface area contributed by atoms with E-state index >= 15 is 0 Å². The van der Waals surface area contributed by atoms with E-state index in [0.29, 0.717) is 24.9 Å². The molecule has 120 valence electrons. The number of halogens is 3. The smallest absolute Gasteiger partial charge is 0.354 e. The average molecular weight is 315 g/mol. The number of piperidine rings is 1. The maximum absolute atomic E-state index is 12.7. The number of anilines is 1. The second-order valence-corrected chi connectivity index (χ2v) is 5.17. The van der Waals surface area contributed by atoms with Crippen LogP contribution in [-0.2, 0) is 11.0 Å². The van der Waals surface area contributed by atoms with E-state index < -0.39 is 17.8 Å². The Morgan fingerprint density at radius 2 is 2.09 bits per heavy atom. The molecular weight excluding hydrogens is 299 g/mol. The first-order chi connectivity index (χ1) is 10.3. The molecule has 3 amide bonds. The lowest BCUT2D eigenvalue weighted by molar-refractivity contribution is -0.137. The van der Waals surface area contributed by atoms with Gasteiger partial charge in [0.15, 0.2) is 0 Å². The van der Waals surface area contributed by atoms with Crippen LogP contribution in [0.1, 0.15) is 24.0 Å². The summed E-state index contributed by atoms with van der Waals surface area (Å²) in [6, 6.07) is 2.35. The van der Waals surface area contributed by atoms with E-state index in [9.17, 15) is 22.8 Å². The topological polar surface area (TPSA) is 70.2 Å². The summed E-state index contributed by atoms with van der Waals surface area (Å²) >= 11 is 0. The Balaban J connectivity index is 2.00. The number of urea groups is 1. The standard InChI is InChI=1S/C14H16F3N3O2/c1-8-2-3-9(14(15,16)17)6-11(8)20-13(22)19-10-4-5-12(21)18-7-10/h2-3,6,10H,4-5,7H2,1H3,(H,18,21)(H2,19,20,22). The number of benzene rings is 1. The number of hydrogen-bond acceptors (Lipinski definition) is 2. The van der Waals surface area contributed by atoms with E-state index in [2.05, 4.69) is 16.0 Å². The Kier molecular flexibility index (Phi) is 4.58. The van der Waals surface area contributed by atoms with Crippen LogP contribution >= 0.6 is 0 Å². The predicted molar refractivity (Wildman–Crippen MR) is 74.4 cm³/mol. The van der Waals surface area contributed by atoms with Crippen molar-refractivity contribution in [1.29, 1.82) is 0 Å². The summed E-state index contributed by atoms with van der Waals surface area (Å²) in [4.78, 5) is 22.9. The van der Waals surface area contributed by atoms with E-state index in [1.165, 1.54) is 6.07 Å². The van der Waals surface area contributed by atoms with Crippen molar-refractivity contribution < 1.29 is 22.8 Å². The monoisotopic (exact) mass is 315 g/mol. The quantitative estimate of drug-likeness (QED) is 0.784. The molecule has 0 aliphatic carbocycles. The number of amides is 3. The van der Waals surface area contributed by atoms with Crippen molar-refractivity contribution in [2.75, 3.05) is 11.9 Å². The summed E-state index contributed by atoms with van der Waals surface area (Å²) in [7, 11) is 0. The summed E-state index contributed by atoms with van der Waals surface area (Å²) in [5, 5.41) is 7.66. The van der Waals surface area contributed by atoms with Crippen LogP contribution in [0, 0.1) is 6.92 Å². The minimum Gasteiger partial charge on any atom is -0.354 e. The SMILES string of the molecule is Cc1ccc(C(F)(F)F)cc1NC(=O)NC1CCC(=O)NC1. The number of nitrogens with one attached hydrogen (secondary N) is 3. The third-order valence-electron chi connectivity index (χ3n) is 3.41. The van der Waals surface area contributed by atoms with Crippen LogP contribution in [0.3, 0.4) is 0 Å². The lowest BCUT2D eigenvalue weighted by Crippen LogP contribution is -2.48. The Morgan fingerprint density at radius 1 is 1.36 bits per heavy atom. The zero-order chi connectivity index (χ0) is 16.3. The zero-order valence-corrected chi connectivity index (χ0v) is 11.9. The van der Waals surface area contributed by atoms with Crippen molar-refractivity contribution in [2.24, 2.45) is 0 Å². The van der Waals surface area contributed by atoms with Crippen LogP contribution in [0.5, 0.6) is 0 Å². The first-order valence-electron chi connectivity index (χ1n) is 6.78. The Labute approximate surface area is 125 Å². The second kappa shape index (κ2) is 6.25. The lowest BCUT2D eigenvalue weighted by Gasteiger charge is -2.23. The number of carbonyl (C=O) groups excluding carboxylic acids is 2. The average Bonchev–Trinajstić information content (AvgIpc) is 2.42. The molecular formula is C14H16F3N3O2. The van der Waals surface area contributed by atoms with Crippen molar-refractivity contribution in [1.82, 2.24) is 10.6 Å². The Morgan fingerprint density at radius 3 is 2.68 bits per heavy atom. The van der Waals surface area contributed by atoms with Crippen molar-refractivity contribution >= 4 is 17.6 Å². The lowest BCUT2D eigenvalue weighted by atomic mass is 10.1. The molecule has 1 aromatic carbocycles. The van der Waals surface area contributed by atoms with Crippen molar-refractivity contribution in [3.8, 4) is 0 Å². The first-order valence-corrected chi connectivity index (χ1v) is 6.78. The van der Waals surface area contributed by atoms with Gasteiger partial charge in [-0.05, 0) is 31.0 Å². The summed E-state index contributed by atoms with van der Waals surface area (Å²) in [6.45, 7) is 1.92. The molecule has 5 nitrogen and oxygen atoms in total. The van der Waals surface area contributed by atoms with Gasteiger partial charge in [0.1, 0.15) is 0 Å². The highest BCUT2D eigenvalue weighted by Gasteiger charge is 2.31. The fraction of sp³-hybridized carbons (Fsp3) is 0.429. The predicted octanol–water partition coefficient (Wildman–Crippen LogP) is 2.41. The number of rotatable bonds is 2. The summed E-state index contributed by atoms with van der Waals surface area (Å²) < 4.78 is 38.0. The molecule has 1 atom stereocenters. The van der Waals surface area contributed by atoms with Gasteiger partial charge >= 0.3 is 12.2 Å². The molecule has 0 aromatic heterocycles. The molecule has 3 N–H and O–H groups in total. The molecule has 0 bridgehead atoms. The van der Waals surface area contributed by atoms with Gasteiger partial charge in [-0.1, -0.05) is 6.07 Å². The minimum atomic E-state index is -4.46. The molecule has 1 aromatic rings. The maximum Gasteiger partial charge on any atom is 0.416 e. The van der Waals surface area contributed by atoms with E-state index in [1.54, 1.807) is 6.92 Å². The van der Waals surface area contributed by atoms with Gasteiger partial charge in [0.25, 0.3) is 0 Å². The highest BCUT2D eigenvalue weighted by atomic mass is 19.4.